The van der Waals surface area contributed by atoms with Crippen LogP contribution in [0.4, 0.5) is 10.1 Å². The molecule has 0 bridgehead atoms. The number of imidazole rings is 1. The molecule has 1 aliphatic heterocycles. The molecule has 0 spiro atoms. The van der Waals surface area contributed by atoms with E-state index in [-0.39, 0.29) is 17.5 Å². The molecule has 1 aromatic heterocycles. The molecule has 2 heterocycles. The molecule has 2 aromatic carbocycles. The standard InChI is InChI=1S/C20H18FN3O3S/c21-15-3-1-14(2-4-15)12-24-8-7-22-20(24)28-13-19(25)23-16-5-6-17-18(11-16)27-10-9-26-17/h1-8,11H,9-10,12-13H2,(H,23,25). The largest absolute Gasteiger partial charge is 0.486 e. The molecule has 0 saturated carbocycles. The van der Waals surface area contributed by atoms with E-state index in [1.54, 1.807) is 36.5 Å². The Morgan fingerprint density at radius 1 is 1.14 bits per heavy atom. The molecule has 144 valence electrons. The molecule has 1 N–H and O–H groups in total. The summed E-state index contributed by atoms with van der Waals surface area (Å²) in [7, 11) is 0. The van der Waals surface area contributed by atoms with E-state index in [2.05, 4.69) is 10.3 Å². The number of carbonyl (C=O) groups excluding carboxylic acids is 1. The van der Waals surface area contributed by atoms with Crippen LogP contribution in [0.2, 0.25) is 0 Å². The second kappa shape index (κ2) is 8.35. The summed E-state index contributed by atoms with van der Waals surface area (Å²) in [6.07, 6.45) is 3.52. The zero-order valence-electron chi connectivity index (χ0n) is 14.9. The van der Waals surface area contributed by atoms with Crippen molar-refractivity contribution < 1.29 is 18.7 Å². The van der Waals surface area contributed by atoms with Crippen LogP contribution < -0.4 is 14.8 Å². The summed E-state index contributed by atoms with van der Waals surface area (Å²) in [5.74, 6) is 1.13. The number of halogens is 1. The molecule has 1 aliphatic rings. The average molecular weight is 399 g/mol. The zero-order chi connectivity index (χ0) is 19.3. The summed E-state index contributed by atoms with van der Waals surface area (Å²) < 4.78 is 26.0. The molecule has 0 radical (unpaired) electrons. The van der Waals surface area contributed by atoms with Gasteiger partial charge in [-0.3, -0.25) is 4.79 Å². The lowest BCUT2D eigenvalue weighted by Gasteiger charge is -2.19. The Balaban J connectivity index is 1.34. The van der Waals surface area contributed by atoms with Crippen LogP contribution in [0.3, 0.4) is 0 Å². The Morgan fingerprint density at radius 2 is 1.93 bits per heavy atom. The number of aromatic nitrogens is 2. The lowest BCUT2D eigenvalue weighted by Crippen LogP contribution is -2.17. The number of nitrogens with one attached hydrogen (secondary N) is 1. The highest BCUT2D eigenvalue weighted by molar-refractivity contribution is 7.99. The Hall–Kier alpha value is -3.00. The minimum Gasteiger partial charge on any atom is -0.486 e. The summed E-state index contributed by atoms with van der Waals surface area (Å²) in [5, 5.41) is 3.58. The number of ether oxygens (including phenoxy) is 2. The number of fused-ring (bicyclic) bond motifs is 1. The topological polar surface area (TPSA) is 65.4 Å². The Bertz CT molecular complexity index is 975. The van der Waals surface area contributed by atoms with Gasteiger partial charge in [-0.1, -0.05) is 23.9 Å². The number of thioether (sulfide) groups is 1. The molecule has 0 atom stereocenters. The first-order valence-electron chi connectivity index (χ1n) is 8.75. The van der Waals surface area contributed by atoms with Gasteiger partial charge < -0.3 is 19.4 Å². The van der Waals surface area contributed by atoms with Crippen molar-refractivity contribution in [2.24, 2.45) is 0 Å². The number of anilines is 1. The van der Waals surface area contributed by atoms with Gasteiger partial charge in [0.1, 0.15) is 19.0 Å². The summed E-state index contributed by atoms with van der Waals surface area (Å²) in [6.45, 7) is 1.59. The Labute approximate surface area is 165 Å². The van der Waals surface area contributed by atoms with Gasteiger partial charge in [0.15, 0.2) is 16.7 Å². The number of amides is 1. The van der Waals surface area contributed by atoms with Gasteiger partial charge in [-0.2, -0.15) is 0 Å². The van der Waals surface area contributed by atoms with E-state index in [0.717, 1.165) is 10.7 Å². The van der Waals surface area contributed by atoms with Crippen LogP contribution in [-0.4, -0.2) is 34.4 Å². The van der Waals surface area contributed by atoms with Gasteiger partial charge in [0.2, 0.25) is 5.91 Å². The fourth-order valence-electron chi connectivity index (χ4n) is 2.79. The van der Waals surface area contributed by atoms with Crippen molar-refractivity contribution in [1.82, 2.24) is 9.55 Å². The van der Waals surface area contributed by atoms with Crippen molar-refractivity contribution in [3.8, 4) is 11.5 Å². The third kappa shape index (κ3) is 4.45. The quantitative estimate of drug-likeness (QED) is 0.642. The Morgan fingerprint density at radius 3 is 2.75 bits per heavy atom. The van der Waals surface area contributed by atoms with E-state index < -0.39 is 0 Å². The van der Waals surface area contributed by atoms with Crippen molar-refractivity contribution in [2.45, 2.75) is 11.7 Å². The SMILES string of the molecule is O=C(CSc1nccn1Cc1ccc(F)cc1)Nc1ccc2c(c1)OCCO2. The first-order chi connectivity index (χ1) is 13.7. The van der Waals surface area contributed by atoms with E-state index >= 15 is 0 Å². The summed E-state index contributed by atoms with van der Waals surface area (Å²) in [5.41, 5.74) is 1.62. The second-order valence-electron chi connectivity index (χ2n) is 6.16. The maximum atomic E-state index is 13.0. The lowest BCUT2D eigenvalue weighted by molar-refractivity contribution is -0.113. The van der Waals surface area contributed by atoms with Crippen molar-refractivity contribution in [3.05, 3.63) is 66.2 Å². The van der Waals surface area contributed by atoms with Gasteiger partial charge in [-0.05, 0) is 29.8 Å². The normalized spacial score (nSPS) is 12.6. The molecule has 0 unspecified atom stereocenters. The zero-order valence-corrected chi connectivity index (χ0v) is 15.7. The maximum Gasteiger partial charge on any atom is 0.234 e. The van der Waals surface area contributed by atoms with E-state index in [9.17, 15) is 9.18 Å². The highest BCUT2D eigenvalue weighted by Crippen LogP contribution is 2.32. The molecular weight excluding hydrogens is 381 g/mol. The predicted octanol–water partition coefficient (Wildman–Crippen LogP) is 3.57. The third-order valence-electron chi connectivity index (χ3n) is 4.10. The van der Waals surface area contributed by atoms with Crippen molar-refractivity contribution in [3.63, 3.8) is 0 Å². The molecule has 28 heavy (non-hydrogen) atoms. The molecule has 0 fully saturated rings. The van der Waals surface area contributed by atoms with Crippen molar-refractivity contribution >= 4 is 23.4 Å². The number of hydrogen-bond donors (Lipinski definition) is 1. The van der Waals surface area contributed by atoms with E-state index in [1.165, 1.54) is 23.9 Å². The Kier molecular flexibility index (Phi) is 5.48. The minimum absolute atomic E-state index is 0.141. The minimum atomic E-state index is -0.264. The number of nitrogens with zero attached hydrogens (tertiary/aromatic N) is 2. The van der Waals surface area contributed by atoms with Crippen LogP contribution in [0, 0.1) is 5.82 Å². The number of rotatable bonds is 6. The molecule has 0 aliphatic carbocycles. The number of carbonyl (C=O) groups is 1. The second-order valence-corrected chi connectivity index (χ2v) is 7.10. The van der Waals surface area contributed by atoms with E-state index in [4.69, 9.17) is 9.47 Å². The maximum absolute atomic E-state index is 13.0. The lowest BCUT2D eigenvalue weighted by atomic mass is 10.2. The molecule has 3 aromatic rings. The van der Waals surface area contributed by atoms with Crippen LogP contribution in [0.1, 0.15) is 5.56 Å². The van der Waals surface area contributed by atoms with Gasteiger partial charge >= 0.3 is 0 Å². The van der Waals surface area contributed by atoms with Gasteiger partial charge in [0.25, 0.3) is 0 Å². The van der Waals surface area contributed by atoms with Gasteiger partial charge in [0.05, 0.1) is 5.75 Å². The van der Waals surface area contributed by atoms with Crippen LogP contribution in [0.5, 0.6) is 11.5 Å². The molecule has 0 saturated heterocycles. The van der Waals surface area contributed by atoms with E-state index in [0.29, 0.717) is 36.9 Å². The molecule has 8 heteroatoms. The van der Waals surface area contributed by atoms with E-state index in [1.807, 2.05) is 10.8 Å². The number of benzene rings is 2. The highest BCUT2D eigenvalue weighted by atomic mass is 32.2. The predicted molar refractivity (Wildman–Crippen MR) is 105 cm³/mol. The summed E-state index contributed by atoms with van der Waals surface area (Å²) in [6, 6.07) is 11.7. The van der Waals surface area contributed by atoms with Crippen LogP contribution in [-0.2, 0) is 11.3 Å². The molecule has 4 rings (SSSR count). The average Bonchev–Trinajstić information content (AvgIpc) is 3.15. The van der Waals surface area contributed by atoms with Crippen LogP contribution in [0.25, 0.3) is 0 Å². The van der Waals surface area contributed by atoms with Gasteiger partial charge in [-0.25, -0.2) is 9.37 Å². The fourth-order valence-corrected chi connectivity index (χ4v) is 3.55. The first kappa shape index (κ1) is 18.4. The summed E-state index contributed by atoms with van der Waals surface area (Å²) in [4.78, 5) is 16.6. The van der Waals surface area contributed by atoms with Crippen molar-refractivity contribution in [2.75, 3.05) is 24.3 Å². The first-order valence-corrected chi connectivity index (χ1v) is 9.74. The number of hydrogen-bond acceptors (Lipinski definition) is 5. The fraction of sp³-hybridized carbons (Fsp3) is 0.200. The summed E-state index contributed by atoms with van der Waals surface area (Å²) >= 11 is 1.34. The monoisotopic (exact) mass is 399 g/mol. The van der Waals surface area contributed by atoms with Gasteiger partial charge in [0, 0.05) is 30.7 Å². The van der Waals surface area contributed by atoms with Crippen LogP contribution >= 0.6 is 11.8 Å². The molecular formula is C20H18FN3O3S. The smallest absolute Gasteiger partial charge is 0.234 e. The third-order valence-corrected chi connectivity index (χ3v) is 5.11. The van der Waals surface area contributed by atoms with Crippen LogP contribution in [0.15, 0.2) is 60.0 Å². The molecule has 1 amide bonds. The van der Waals surface area contributed by atoms with Gasteiger partial charge in [-0.15, -0.1) is 0 Å². The highest BCUT2D eigenvalue weighted by Gasteiger charge is 2.13. The molecule has 6 nitrogen and oxygen atoms in total. The van der Waals surface area contributed by atoms with Crippen molar-refractivity contribution in [1.29, 1.82) is 0 Å².